The van der Waals surface area contributed by atoms with Crippen molar-refractivity contribution in [1.82, 2.24) is 10.2 Å². The van der Waals surface area contributed by atoms with Gasteiger partial charge in [-0.05, 0) is 19.8 Å². The van der Waals surface area contributed by atoms with Gasteiger partial charge in [0.2, 0.25) is 0 Å². The molecule has 0 heterocycles. The molecular weight excluding hydrogens is 196 g/mol. The predicted octanol–water partition coefficient (Wildman–Crippen LogP) is 0.819. The lowest BCUT2D eigenvalue weighted by Gasteiger charge is -2.22. The number of carboxylic acid groups (broad SMARTS) is 1. The molecule has 1 saturated carbocycles. The van der Waals surface area contributed by atoms with Crippen molar-refractivity contribution in [3.8, 4) is 0 Å². The van der Waals surface area contributed by atoms with Crippen LogP contribution >= 0.6 is 0 Å². The summed E-state index contributed by atoms with van der Waals surface area (Å²) in [6, 6.07) is -0.377. The lowest BCUT2D eigenvalue weighted by Crippen LogP contribution is -2.46. The number of nitrogens with one attached hydrogen (secondary N) is 1. The molecule has 0 spiro atoms. The van der Waals surface area contributed by atoms with Gasteiger partial charge in [-0.2, -0.15) is 0 Å². The standard InChI is InChI=1S/C10H16N2O3/c1-3-7(2)11-10(15)12(6-9(13)14)8-4-5-8/h3,7-8H,1,4-6H2,2H3,(H,11,15)(H,13,14). The second-order valence-corrected chi connectivity index (χ2v) is 3.73. The van der Waals surface area contributed by atoms with Crippen LogP contribution in [-0.2, 0) is 4.79 Å². The molecule has 1 aliphatic carbocycles. The summed E-state index contributed by atoms with van der Waals surface area (Å²) < 4.78 is 0. The van der Waals surface area contributed by atoms with E-state index in [-0.39, 0.29) is 24.7 Å². The summed E-state index contributed by atoms with van der Waals surface area (Å²) in [5.74, 6) is -0.983. The van der Waals surface area contributed by atoms with E-state index in [0.717, 1.165) is 12.8 Å². The molecular formula is C10H16N2O3. The Hall–Kier alpha value is -1.52. The maximum Gasteiger partial charge on any atom is 0.323 e. The van der Waals surface area contributed by atoms with E-state index in [0.29, 0.717) is 0 Å². The zero-order valence-corrected chi connectivity index (χ0v) is 8.77. The molecule has 84 valence electrons. The number of carboxylic acids is 1. The van der Waals surface area contributed by atoms with Gasteiger partial charge < -0.3 is 15.3 Å². The molecule has 1 fully saturated rings. The third-order valence-corrected chi connectivity index (χ3v) is 2.26. The molecule has 1 rings (SSSR count). The number of hydrogen-bond donors (Lipinski definition) is 2. The molecule has 1 atom stereocenters. The summed E-state index contributed by atoms with van der Waals surface area (Å²) in [4.78, 5) is 23.6. The monoisotopic (exact) mass is 212 g/mol. The molecule has 0 aromatic carbocycles. The Morgan fingerprint density at radius 3 is 2.67 bits per heavy atom. The topological polar surface area (TPSA) is 69.6 Å². The van der Waals surface area contributed by atoms with Gasteiger partial charge in [0.25, 0.3) is 0 Å². The van der Waals surface area contributed by atoms with Gasteiger partial charge in [-0.1, -0.05) is 6.08 Å². The number of urea groups is 1. The molecule has 0 aromatic heterocycles. The van der Waals surface area contributed by atoms with Crippen LogP contribution in [-0.4, -0.2) is 40.6 Å². The Balaban J connectivity index is 2.51. The highest BCUT2D eigenvalue weighted by atomic mass is 16.4. The second kappa shape index (κ2) is 4.82. The van der Waals surface area contributed by atoms with E-state index in [1.165, 1.54) is 4.90 Å². The average molecular weight is 212 g/mol. The summed E-state index contributed by atoms with van der Waals surface area (Å²) in [5.41, 5.74) is 0. The lowest BCUT2D eigenvalue weighted by molar-refractivity contribution is -0.137. The SMILES string of the molecule is C=CC(C)NC(=O)N(CC(=O)O)C1CC1. The molecule has 0 aliphatic heterocycles. The summed E-state index contributed by atoms with van der Waals surface area (Å²) in [7, 11) is 0. The van der Waals surface area contributed by atoms with Crippen molar-refractivity contribution in [3.05, 3.63) is 12.7 Å². The van der Waals surface area contributed by atoms with E-state index in [1.807, 2.05) is 0 Å². The number of carbonyl (C=O) groups is 2. The van der Waals surface area contributed by atoms with Crippen molar-refractivity contribution in [3.63, 3.8) is 0 Å². The van der Waals surface area contributed by atoms with Crippen molar-refractivity contribution < 1.29 is 14.7 Å². The van der Waals surface area contributed by atoms with Gasteiger partial charge in [0, 0.05) is 12.1 Å². The summed E-state index contributed by atoms with van der Waals surface area (Å²) in [5, 5.41) is 11.3. The van der Waals surface area contributed by atoms with Crippen LogP contribution in [0.5, 0.6) is 0 Å². The minimum Gasteiger partial charge on any atom is -0.480 e. The van der Waals surface area contributed by atoms with Crippen LogP contribution in [0.4, 0.5) is 4.79 Å². The smallest absolute Gasteiger partial charge is 0.323 e. The van der Waals surface area contributed by atoms with Gasteiger partial charge in [0.05, 0.1) is 0 Å². The second-order valence-electron chi connectivity index (χ2n) is 3.73. The number of hydrogen-bond acceptors (Lipinski definition) is 2. The zero-order chi connectivity index (χ0) is 11.4. The molecule has 1 aliphatic rings. The fourth-order valence-electron chi connectivity index (χ4n) is 1.24. The molecule has 0 bridgehead atoms. The third-order valence-electron chi connectivity index (χ3n) is 2.26. The highest BCUT2D eigenvalue weighted by molar-refractivity contribution is 5.81. The Labute approximate surface area is 88.8 Å². The number of carbonyl (C=O) groups excluding carboxylic acids is 1. The predicted molar refractivity (Wildman–Crippen MR) is 55.6 cm³/mol. The molecule has 0 saturated heterocycles. The van der Waals surface area contributed by atoms with E-state index >= 15 is 0 Å². The van der Waals surface area contributed by atoms with E-state index in [2.05, 4.69) is 11.9 Å². The largest absolute Gasteiger partial charge is 0.480 e. The van der Waals surface area contributed by atoms with Crippen LogP contribution in [0.1, 0.15) is 19.8 Å². The maximum absolute atomic E-state index is 11.6. The fraction of sp³-hybridized carbons (Fsp3) is 0.600. The Morgan fingerprint density at radius 2 is 2.27 bits per heavy atom. The summed E-state index contributed by atoms with van der Waals surface area (Å²) in [6.45, 7) is 5.10. The lowest BCUT2D eigenvalue weighted by atomic mass is 10.3. The molecule has 0 aromatic rings. The van der Waals surface area contributed by atoms with Gasteiger partial charge in [0.1, 0.15) is 6.54 Å². The van der Waals surface area contributed by atoms with Gasteiger partial charge in [-0.3, -0.25) is 4.79 Å². The van der Waals surface area contributed by atoms with E-state index < -0.39 is 5.97 Å². The molecule has 2 amide bonds. The molecule has 5 heteroatoms. The van der Waals surface area contributed by atoms with Gasteiger partial charge in [0.15, 0.2) is 0 Å². The number of rotatable bonds is 5. The maximum atomic E-state index is 11.6. The van der Waals surface area contributed by atoms with Crippen LogP contribution < -0.4 is 5.32 Å². The Bertz CT molecular complexity index is 274. The molecule has 0 radical (unpaired) electrons. The zero-order valence-electron chi connectivity index (χ0n) is 8.77. The summed E-state index contributed by atoms with van der Waals surface area (Å²) in [6.07, 6.45) is 3.39. The van der Waals surface area contributed by atoms with Crippen molar-refractivity contribution in [2.45, 2.75) is 31.8 Å². The minimum absolute atomic E-state index is 0.0955. The highest BCUT2D eigenvalue weighted by Gasteiger charge is 2.33. The van der Waals surface area contributed by atoms with Crippen LogP contribution in [0, 0.1) is 0 Å². The van der Waals surface area contributed by atoms with Gasteiger partial charge in [-0.25, -0.2) is 4.79 Å². The molecule has 15 heavy (non-hydrogen) atoms. The number of nitrogens with zero attached hydrogens (tertiary/aromatic N) is 1. The van der Waals surface area contributed by atoms with Crippen molar-refractivity contribution in [1.29, 1.82) is 0 Å². The van der Waals surface area contributed by atoms with E-state index in [9.17, 15) is 9.59 Å². The Kier molecular flexibility index (Phi) is 3.71. The van der Waals surface area contributed by atoms with Crippen LogP contribution in [0.25, 0.3) is 0 Å². The molecule has 5 nitrogen and oxygen atoms in total. The molecule has 1 unspecified atom stereocenters. The minimum atomic E-state index is -0.983. The first-order valence-corrected chi connectivity index (χ1v) is 4.96. The number of aliphatic carboxylic acids is 1. The first-order chi connectivity index (χ1) is 7.04. The van der Waals surface area contributed by atoms with Crippen molar-refractivity contribution in [2.75, 3.05) is 6.54 Å². The quantitative estimate of drug-likeness (QED) is 0.663. The van der Waals surface area contributed by atoms with Crippen LogP contribution in [0.3, 0.4) is 0 Å². The van der Waals surface area contributed by atoms with Gasteiger partial charge >= 0.3 is 12.0 Å². The normalized spacial score (nSPS) is 16.6. The van der Waals surface area contributed by atoms with Gasteiger partial charge in [-0.15, -0.1) is 6.58 Å². The van der Waals surface area contributed by atoms with Crippen molar-refractivity contribution >= 4 is 12.0 Å². The fourth-order valence-corrected chi connectivity index (χ4v) is 1.24. The first-order valence-electron chi connectivity index (χ1n) is 4.96. The average Bonchev–Trinajstić information content (AvgIpc) is 2.96. The number of amides is 2. The Morgan fingerprint density at radius 1 is 1.67 bits per heavy atom. The van der Waals surface area contributed by atoms with Crippen LogP contribution in [0.2, 0.25) is 0 Å². The third kappa shape index (κ3) is 3.61. The van der Waals surface area contributed by atoms with E-state index in [1.54, 1.807) is 13.0 Å². The van der Waals surface area contributed by atoms with Crippen LogP contribution in [0.15, 0.2) is 12.7 Å². The highest BCUT2D eigenvalue weighted by Crippen LogP contribution is 2.26. The van der Waals surface area contributed by atoms with E-state index in [4.69, 9.17) is 5.11 Å². The molecule has 2 N–H and O–H groups in total. The van der Waals surface area contributed by atoms with Crippen molar-refractivity contribution in [2.24, 2.45) is 0 Å². The summed E-state index contributed by atoms with van der Waals surface area (Å²) >= 11 is 0. The first kappa shape index (κ1) is 11.6.